The smallest absolute Gasteiger partial charge is 0.408 e. The molecule has 1 amide bonds. The fraction of sp³-hybridized carbons (Fsp3) is 0.478. The highest BCUT2D eigenvalue weighted by Gasteiger charge is 2.20. The van der Waals surface area contributed by atoms with Crippen LogP contribution < -0.4 is 5.32 Å². The van der Waals surface area contributed by atoms with Crippen LogP contribution in [0.15, 0.2) is 36.4 Å². The maximum Gasteiger partial charge on any atom is 0.408 e. The lowest BCUT2D eigenvalue weighted by Gasteiger charge is -2.22. The Kier molecular flexibility index (Phi) is 7.38. The monoisotopic (exact) mass is 400 g/mol. The summed E-state index contributed by atoms with van der Waals surface area (Å²) < 4.78 is 10.5. The number of aliphatic hydroxyl groups is 1. The number of carbonyl (C=O) groups is 1. The van der Waals surface area contributed by atoms with E-state index in [1.807, 2.05) is 77.1 Å². The van der Waals surface area contributed by atoms with Crippen LogP contribution in [0.2, 0.25) is 0 Å². The third-order valence-electron chi connectivity index (χ3n) is 4.43. The van der Waals surface area contributed by atoms with Crippen LogP contribution in [0.1, 0.15) is 51.9 Å². The molecule has 29 heavy (non-hydrogen) atoms. The lowest BCUT2D eigenvalue weighted by atomic mass is 9.91. The minimum Gasteiger partial charge on any atom is -0.444 e. The maximum absolute atomic E-state index is 12.0. The molecule has 0 aliphatic rings. The molecule has 0 aliphatic heterocycles. The van der Waals surface area contributed by atoms with E-state index in [0.717, 1.165) is 22.2 Å². The van der Waals surface area contributed by atoms with E-state index in [1.54, 1.807) is 7.11 Å². The lowest BCUT2D eigenvalue weighted by Crippen LogP contribution is -2.34. The first-order chi connectivity index (χ1) is 13.5. The van der Waals surface area contributed by atoms with Crippen LogP contribution in [-0.2, 0) is 9.47 Å². The van der Waals surface area contributed by atoms with Crippen LogP contribution in [0, 0.1) is 5.41 Å². The number of nitrogens with one attached hydrogen (secondary N) is 1. The Labute approximate surface area is 172 Å². The Morgan fingerprint density at radius 2 is 1.93 bits per heavy atom. The molecule has 0 bridgehead atoms. The van der Waals surface area contributed by atoms with Crippen LogP contribution in [0.4, 0.5) is 4.79 Å². The first-order valence-corrected chi connectivity index (χ1v) is 9.74. The highest BCUT2D eigenvalue weighted by Crippen LogP contribution is 2.22. The minimum absolute atomic E-state index is 0.00116. The van der Waals surface area contributed by atoms with Gasteiger partial charge in [0.25, 0.3) is 0 Å². The van der Waals surface area contributed by atoms with Crippen molar-refractivity contribution in [2.75, 3.05) is 20.3 Å². The summed E-state index contributed by atoms with van der Waals surface area (Å²) in [6.45, 7) is 9.73. The molecular formula is C23H32N2O4. The van der Waals surface area contributed by atoms with Crippen molar-refractivity contribution in [3.8, 4) is 0 Å². The number of aliphatic hydroxyl groups excluding tert-OH is 1. The molecule has 1 aromatic heterocycles. The van der Waals surface area contributed by atoms with Crippen molar-refractivity contribution in [1.29, 1.82) is 0 Å². The normalized spacial score (nSPS) is 15.3. The van der Waals surface area contributed by atoms with Crippen LogP contribution >= 0.6 is 0 Å². The van der Waals surface area contributed by atoms with Crippen LogP contribution in [0.5, 0.6) is 0 Å². The summed E-state index contributed by atoms with van der Waals surface area (Å²) in [6.07, 6.45) is 3.45. The van der Waals surface area contributed by atoms with E-state index in [9.17, 15) is 9.90 Å². The summed E-state index contributed by atoms with van der Waals surface area (Å²) in [5, 5.41) is 13.4. The number of hydrogen-bond acceptors (Lipinski definition) is 5. The fourth-order valence-electron chi connectivity index (χ4n) is 2.83. The molecule has 2 atom stereocenters. The van der Waals surface area contributed by atoms with E-state index in [0.29, 0.717) is 6.61 Å². The second-order valence-corrected chi connectivity index (χ2v) is 8.63. The number of aromatic nitrogens is 1. The molecule has 2 rings (SSSR count). The highest BCUT2D eigenvalue weighted by molar-refractivity contribution is 5.81. The molecule has 0 radical (unpaired) electrons. The Morgan fingerprint density at radius 1 is 1.24 bits per heavy atom. The van der Waals surface area contributed by atoms with E-state index in [-0.39, 0.29) is 12.6 Å². The molecule has 2 N–H and O–H groups in total. The molecule has 6 heteroatoms. The van der Waals surface area contributed by atoms with Gasteiger partial charge in [0.2, 0.25) is 0 Å². The average Bonchev–Trinajstić information content (AvgIpc) is 2.64. The molecule has 0 unspecified atom stereocenters. The molecule has 0 saturated carbocycles. The zero-order valence-electron chi connectivity index (χ0n) is 18.2. The topological polar surface area (TPSA) is 80.7 Å². The number of carbonyl (C=O) groups excluding carboxylic acids is 1. The summed E-state index contributed by atoms with van der Waals surface area (Å²) >= 11 is 0. The number of alkyl carbamates (subject to hydrolysis) is 1. The molecule has 1 aromatic carbocycles. The van der Waals surface area contributed by atoms with Gasteiger partial charge < -0.3 is 19.9 Å². The fourth-order valence-corrected chi connectivity index (χ4v) is 2.83. The van der Waals surface area contributed by atoms with Gasteiger partial charge in [-0.1, -0.05) is 37.3 Å². The minimum atomic E-state index is -0.548. The van der Waals surface area contributed by atoms with Gasteiger partial charge in [-0.15, -0.1) is 0 Å². The van der Waals surface area contributed by atoms with Gasteiger partial charge in [0.15, 0.2) is 0 Å². The Hall–Kier alpha value is -2.44. The maximum atomic E-state index is 12.0. The lowest BCUT2D eigenvalue weighted by molar-refractivity contribution is 0.0507. The van der Waals surface area contributed by atoms with Crippen molar-refractivity contribution in [1.82, 2.24) is 10.3 Å². The van der Waals surface area contributed by atoms with Crippen molar-refractivity contribution in [2.45, 2.75) is 46.3 Å². The van der Waals surface area contributed by atoms with Crippen molar-refractivity contribution in [3.63, 3.8) is 0 Å². The summed E-state index contributed by atoms with van der Waals surface area (Å²) in [5.41, 5.74) is 1.58. The molecule has 0 saturated heterocycles. The number of pyridine rings is 1. The van der Waals surface area contributed by atoms with Gasteiger partial charge in [-0.3, -0.25) is 4.98 Å². The summed E-state index contributed by atoms with van der Waals surface area (Å²) in [6, 6.07) is 9.60. The van der Waals surface area contributed by atoms with Crippen LogP contribution in [0.3, 0.4) is 0 Å². The predicted molar refractivity (Wildman–Crippen MR) is 116 cm³/mol. The highest BCUT2D eigenvalue weighted by atomic mass is 16.6. The Bertz CT molecular complexity index is 873. The first-order valence-electron chi connectivity index (χ1n) is 9.74. The Morgan fingerprint density at radius 3 is 2.55 bits per heavy atom. The molecule has 2 aromatic rings. The van der Waals surface area contributed by atoms with Gasteiger partial charge in [0.1, 0.15) is 5.60 Å². The van der Waals surface area contributed by atoms with E-state index in [1.165, 1.54) is 0 Å². The third kappa shape index (κ3) is 6.84. The summed E-state index contributed by atoms with van der Waals surface area (Å²) in [7, 11) is 1.62. The van der Waals surface area contributed by atoms with Gasteiger partial charge in [-0.2, -0.15) is 0 Å². The SMILES string of the molecule is COC[C@](C)(/C=C/c1ccc2ccc([C@@H](C)NC(=O)OC(C)(C)C)nc2c1)CO. The molecule has 0 aliphatic carbocycles. The van der Waals surface area contributed by atoms with Crippen molar-refractivity contribution >= 4 is 23.1 Å². The number of ether oxygens (including phenoxy) is 2. The average molecular weight is 401 g/mol. The zero-order chi connectivity index (χ0) is 21.7. The van der Waals surface area contributed by atoms with Gasteiger partial charge >= 0.3 is 6.09 Å². The van der Waals surface area contributed by atoms with Gasteiger partial charge in [0.05, 0.1) is 30.5 Å². The number of fused-ring (bicyclic) bond motifs is 1. The van der Waals surface area contributed by atoms with Crippen molar-refractivity contribution in [3.05, 3.63) is 47.7 Å². The van der Waals surface area contributed by atoms with E-state index in [4.69, 9.17) is 14.5 Å². The zero-order valence-corrected chi connectivity index (χ0v) is 18.2. The summed E-state index contributed by atoms with van der Waals surface area (Å²) in [5.74, 6) is 0. The van der Waals surface area contributed by atoms with Crippen molar-refractivity contribution < 1.29 is 19.4 Å². The second kappa shape index (κ2) is 9.37. The Balaban J connectivity index is 2.21. The second-order valence-electron chi connectivity index (χ2n) is 8.63. The first kappa shape index (κ1) is 22.8. The molecule has 1 heterocycles. The standard InChI is InChI=1S/C23H32N2O4/c1-16(24-21(27)29-22(2,3)4)19-10-9-18-8-7-17(13-20(18)25-19)11-12-23(5,14-26)15-28-6/h7-13,16,26H,14-15H2,1-6H3,(H,24,27)/b12-11+/t16-,23-/m1/s1. The number of benzene rings is 1. The molecule has 158 valence electrons. The molecule has 0 spiro atoms. The third-order valence-corrected chi connectivity index (χ3v) is 4.43. The van der Waals surface area contributed by atoms with Gasteiger partial charge in [-0.25, -0.2) is 4.79 Å². The predicted octanol–water partition coefficient (Wildman–Crippen LogP) is 4.48. The van der Waals surface area contributed by atoms with E-state index >= 15 is 0 Å². The van der Waals surface area contributed by atoms with E-state index in [2.05, 4.69) is 5.32 Å². The quantitative estimate of drug-likeness (QED) is 0.716. The number of rotatable bonds is 7. The number of nitrogens with zero attached hydrogens (tertiary/aromatic N) is 1. The molecule has 0 fully saturated rings. The molecular weight excluding hydrogens is 368 g/mol. The van der Waals surface area contributed by atoms with Crippen LogP contribution in [-0.4, -0.2) is 42.1 Å². The number of amides is 1. The molecule has 6 nitrogen and oxygen atoms in total. The van der Waals surface area contributed by atoms with Crippen molar-refractivity contribution in [2.24, 2.45) is 5.41 Å². The van der Waals surface area contributed by atoms with E-state index < -0.39 is 17.1 Å². The number of methoxy groups -OCH3 is 1. The van der Waals surface area contributed by atoms with Crippen LogP contribution in [0.25, 0.3) is 17.0 Å². The summed E-state index contributed by atoms with van der Waals surface area (Å²) in [4.78, 5) is 16.7. The van der Waals surface area contributed by atoms with Gasteiger partial charge in [-0.05, 0) is 45.4 Å². The number of hydrogen-bond donors (Lipinski definition) is 2. The van der Waals surface area contributed by atoms with Gasteiger partial charge in [0, 0.05) is 17.9 Å². The largest absolute Gasteiger partial charge is 0.444 e.